The quantitative estimate of drug-likeness (QED) is 0.176. The minimum atomic E-state index is 0. The van der Waals surface area contributed by atoms with Gasteiger partial charge in [0.15, 0.2) is 5.58 Å². The maximum atomic E-state index is 10.9. The Balaban J connectivity index is 0.00000336. The molecule has 0 bridgehead atoms. The van der Waals surface area contributed by atoms with Crippen molar-refractivity contribution in [2.45, 2.75) is 0 Å². The van der Waals surface area contributed by atoms with Crippen molar-refractivity contribution in [2.75, 3.05) is 0 Å². The van der Waals surface area contributed by atoms with Crippen molar-refractivity contribution < 1.29 is 30.6 Å². The Hall–Kier alpha value is -5.77. The number of furan rings is 1. The number of phenols is 1. The van der Waals surface area contributed by atoms with Crippen LogP contribution in [0.15, 0.2) is 156 Å². The predicted octanol–water partition coefficient (Wildman–Crippen LogP) is 10.5. The molecule has 0 aliphatic rings. The zero-order valence-electron chi connectivity index (χ0n) is 25.4. The van der Waals surface area contributed by atoms with Crippen LogP contribution in [0.1, 0.15) is 0 Å². The second-order valence-corrected chi connectivity index (χ2v) is 11.5. The van der Waals surface area contributed by atoms with Crippen LogP contribution in [-0.4, -0.2) is 19.6 Å². The summed E-state index contributed by atoms with van der Waals surface area (Å²) in [7, 11) is 0. The second-order valence-electron chi connectivity index (χ2n) is 11.5. The fraction of sp³-hybridized carbons (Fsp3) is 0. The van der Waals surface area contributed by atoms with Gasteiger partial charge in [-0.05, 0) is 42.0 Å². The van der Waals surface area contributed by atoms with Gasteiger partial charge in [-0.15, -0.1) is 23.8 Å². The molecule has 6 aromatic carbocycles. The molecule has 0 amide bonds. The number of aromatic nitrogens is 3. The molecule has 9 rings (SSSR count). The van der Waals surface area contributed by atoms with Gasteiger partial charge in [-0.3, -0.25) is 9.55 Å². The third-order valence-corrected chi connectivity index (χ3v) is 8.65. The maximum Gasteiger partial charge on any atom is 0.152 e. The maximum absolute atomic E-state index is 10.9. The fourth-order valence-corrected chi connectivity index (χ4v) is 6.43. The van der Waals surface area contributed by atoms with Gasteiger partial charge in [0.25, 0.3) is 0 Å². The van der Waals surface area contributed by atoms with Crippen LogP contribution in [0.5, 0.6) is 5.75 Å². The first-order chi connectivity index (χ1) is 23.2. The fourth-order valence-electron chi connectivity index (χ4n) is 6.43. The number of fused-ring (bicyclic) bond motifs is 4. The average Bonchev–Trinajstić information content (AvgIpc) is 3.71. The van der Waals surface area contributed by atoms with Crippen LogP contribution in [0.4, 0.5) is 0 Å². The molecule has 3 aromatic heterocycles. The van der Waals surface area contributed by atoms with Gasteiger partial charge in [-0.25, -0.2) is 4.98 Å². The van der Waals surface area contributed by atoms with E-state index in [-0.39, 0.29) is 26.8 Å². The van der Waals surface area contributed by atoms with Crippen molar-refractivity contribution in [1.82, 2.24) is 14.5 Å². The van der Waals surface area contributed by atoms with E-state index in [1.807, 2.05) is 72.8 Å². The third-order valence-electron chi connectivity index (χ3n) is 8.65. The molecule has 0 saturated carbocycles. The van der Waals surface area contributed by atoms with E-state index in [4.69, 9.17) is 14.4 Å². The normalized spacial score (nSPS) is 11.2. The van der Waals surface area contributed by atoms with Gasteiger partial charge < -0.3 is 9.52 Å². The van der Waals surface area contributed by atoms with Crippen molar-refractivity contribution >= 4 is 33.0 Å². The number of aromatic hydroxyl groups is 1. The van der Waals surface area contributed by atoms with E-state index in [1.54, 1.807) is 12.3 Å². The Morgan fingerprint density at radius 2 is 1.31 bits per heavy atom. The summed E-state index contributed by atoms with van der Waals surface area (Å²) in [6.07, 6.45) is 1.80. The van der Waals surface area contributed by atoms with Gasteiger partial charge in [0.2, 0.25) is 0 Å². The van der Waals surface area contributed by atoms with Crippen molar-refractivity contribution in [2.24, 2.45) is 0 Å². The van der Waals surface area contributed by atoms with E-state index >= 15 is 0 Å². The Morgan fingerprint density at radius 1 is 0.604 bits per heavy atom. The Labute approximate surface area is 291 Å². The van der Waals surface area contributed by atoms with E-state index in [2.05, 4.69) is 77.4 Å². The molecule has 0 spiro atoms. The standard InChI is InChI=1S/C42H26N3O2.Pt/c46-38-20-9-7-17-34(38)42-44-41-32(18-11-19-37(41)45(42)31-14-5-2-6-15-31)29-22-28(27-12-3-1-4-13-27)23-30(24-29)36-25-35-33-16-8-10-21-39(33)47-40(35)26-43-36;/h1-23,25-26,46H;/q-1;. The number of benzene rings is 6. The Kier molecular flexibility index (Phi) is 7.47. The molecule has 48 heavy (non-hydrogen) atoms. The smallest absolute Gasteiger partial charge is 0.152 e. The first-order valence-electron chi connectivity index (χ1n) is 15.5. The Bertz CT molecular complexity index is 2590. The molecule has 0 fully saturated rings. The van der Waals surface area contributed by atoms with E-state index in [0.717, 1.165) is 72.2 Å². The van der Waals surface area contributed by atoms with Crippen LogP contribution in [-0.2, 0) is 21.1 Å². The molecule has 0 aliphatic carbocycles. The zero-order chi connectivity index (χ0) is 31.3. The van der Waals surface area contributed by atoms with E-state index in [0.29, 0.717) is 11.4 Å². The van der Waals surface area contributed by atoms with Crippen LogP contribution < -0.4 is 0 Å². The predicted molar refractivity (Wildman–Crippen MR) is 188 cm³/mol. The Morgan fingerprint density at radius 3 is 2.15 bits per heavy atom. The number of para-hydroxylation sites is 4. The second kappa shape index (κ2) is 12.1. The summed E-state index contributed by atoms with van der Waals surface area (Å²) in [6, 6.07) is 52.2. The van der Waals surface area contributed by atoms with Gasteiger partial charge in [0, 0.05) is 43.2 Å². The van der Waals surface area contributed by atoms with Crippen molar-refractivity contribution in [3.05, 3.63) is 158 Å². The number of hydrogen-bond acceptors (Lipinski definition) is 4. The molecule has 1 N–H and O–H groups in total. The first kappa shape index (κ1) is 29.6. The van der Waals surface area contributed by atoms with Gasteiger partial charge in [0.1, 0.15) is 17.2 Å². The summed E-state index contributed by atoms with van der Waals surface area (Å²) in [5.74, 6) is 0.838. The molecular formula is C42H26N3O2Pt-. The molecule has 232 valence electrons. The summed E-state index contributed by atoms with van der Waals surface area (Å²) in [4.78, 5) is 10.1. The zero-order valence-corrected chi connectivity index (χ0v) is 27.7. The first-order valence-corrected chi connectivity index (χ1v) is 15.5. The minimum absolute atomic E-state index is 0. The van der Waals surface area contributed by atoms with Crippen LogP contribution in [0.25, 0.3) is 83.6 Å². The molecular weight excluding hydrogens is 774 g/mol. The minimum Gasteiger partial charge on any atom is -0.507 e. The number of imidazole rings is 1. The number of nitrogens with zero attached hydrogens (tertiary/aromatic N) is 3. The summed E-state index contributed by atoms with van der Waals surface area (Å²) >= 11 is 0. The van der Waals surface area contributed by atoms with Crippen molar-refractivity contribution in [3.63, 3.8) is 0 Å². The number of phenolic OH excluding ortho intramolecular Hbond substituents is 1. The number of hydrogen-bond donors (Lipinski definition) is 1. The van der Waals surface area contributed by atoms with Crippen LogP contribution in [0, 0.1) is 6.07 Å². The van der Waals surface area contributed by atoms with Crippen molar-refractivity contribution in [1.29, 1.82) is 0 Å². The number of pyridine rings is 1. The topological polar surface area (TPSA) is 64.1 Å². The largest absolute Gasteiger partial charge is 0.507 e. The molecule has 0 radical (unpaired) electrons. The summed E-state index contributed by atoms with van der Waals surface area (Å²) in [5.41, 5.74) is 10.6. The average molecular weight is 800 g/mol. The van der Waals surface area contributed by atoms with Gasteiger partial charge >= 0.3 is 0 Å². The van der Waals surface area contributed by atoms with Gasteiger partial charge in [-0.2, -0.15) is 0 Å². The van der Waals surface area contributed by atoms with Crippen LogP contribution in [0.2, 0.25) is 0 Å². The van der Waals surface area contributed by atoms with Crippen LogP contribution >= 0.6 is 0 Å². The molecule has 0 aliphatic heterocycles. The number of rotatable bonds is 5. The summed E-state index contributed by atoms with van der Waals surface area (Å²) < 4.78 is 8.18. The van der Waals surface area contributed by atoms with Gasteiger partial charge in [0.05, 0.1) is 22.8 Å². The van der Waals surface area contributed by atoms with E-state index in [1.165, 1.54) is 0 Å². The molecule has 9 aromatic rings. The SMILES string of the molecule is Oc1ccccc1-c1nc2c(-c3[c-]c(-c4cc5c(cn4)oc4ccccc45)cc(-c4ccccc4)c3)cccc2n1-c1ccccc1.[Pt]. The third kappa shape index (κ3) is 5.00. The molecule has 0 unspecified atom stereocenters. The summed E-state index contributed by atoms with van der Waals surface area (Å²) in [6.45, 7) is 0. The molecule has 5 nitrogen and oxygen atoms in total. The summed E-state index contributed by atoms with van der Waals surface area (Å²) in [5, 5.41) is 13.0. The molecule has 6 heteroatoms. The van der Waals surface area contributed by atoms with Crippen molar-refractivity contribution in [3.8, 4) is 56.3 Å². The van der Waals surface area contributed by atoms with Gasteiger partial charge in [-0.1, -0.05) is 114 Å². The van der Waals surface area contributed by atoms with E-state index < -0.39 is 0 Å². The van der Waals surface area contributed by atoms with Crippen LogP contribution in [0.3, 0.4) is 0 Å². The van der Waals surface area contributed by atoms with E-state index in [9.17, 15) is 5.11 Å². The molecule has 3 heterocycles. The molecule has 0 saturated heterocycles. The molecule has 0 atom stereocenters. The monoisotopic (exact) mass is 799 g/mol.